The van der Waals surface area contributed by atoms with Crippen LogP contribution in [0.25, 0.3) is 10.9 Å². The molecule has 3 aromatic rings. The molecule has 0 radical (unpaired) electrons. The molecule has 1 aromatic heterocycles. The molecule has 1 fully saturated rings. The summed E-state index contributed by atoms with van der Waals surface area (Å²) in [6.07, 6.45) is 2.12. The van der Waals surface area contributed by atoms with E-state index in [4.69, 9.17) is 14.5 Å². The maximum absolute atomic E-state index is 12.9. The number of methoxy groups -OCH3 is 1. The van der Waals surface area contributed by atoms with Gasteiger partial charge in [0, 0.05) is 24.0 Å². The van der Waals surface area contributed by atoms with Crippen LogP contribution in [-0.2, 0) is 9.53 Å². The van der Waals surface area contributed by atoms with Gasteiger partial charge in [-0.15, -0.1) is 0 Å². The molecular formula is C25H27N3O4. The fourth-order valence-corrected chi connectivity index (χ4v) is 4.02. The zero-order valence-electron chi connectivity index (χ0n) is 18.3. The van der Waals surface area contributed by atoms with Crippen molar-refractivity contribution >= 4 is 28.6 Å². The molecule has 7 heteroatoms. The van der Waals surface area contributed by atoms with Gasteiger partial charge in [0.25, 0.3) is 5.91 Å². The summed E-state index contributed by atoms with van der Waals surface area (Å²) in [6.45, 7) is 3.19. The van der Waals surface area contributed by atoms with E-state index in [9.17, 15) is 9.59 Å². The topological polar surface area (TPSA) is 80.8 Å². The Morgan fingerprint density at radius 3 is 2.59 bits per heavy atom. The minimum Gasteiger partial charge on any atom is -0.496 e. The SMILES string of the molecule is COc1ccccc1C(C)NC(=O)COC(=O)c1cc2ccccc2nc1N1CCCC1. The highest BCUT2D eigenvalue weighted by molar-refractivity contribution is 6.00. The Hall–Kier alpha value is -3.61. The number of ether oxygens (including phenoxy) is 2. The number of esters is 1. The molecule has 1 amide bonds. The van der Waals surface area contributed by atoms with Crippen molar-refractivity contribution in [3.63, 3.8) is 0 Å². The van der Waals surface area contributed by atoms with Gasteiger partial charge in [-0.1, -0.05) is 36.4 Å². The van der Waals surface area contributed by atoms with Crippen LogP contribution < -0.4 is 15.0 Å². The first-order chi connectivity index (χ1) is 15.6. The second-order valence-electron chi connectivity index (χ2n) is 7.85. The molecule has 32 heavy (non-hydrogen) atoms. The zero-order valence-corrected chi connectivity index (χ0v) is 18.3. The van der Waals surface area contributed by atoms with E-state index in [1.54, 1.807) is 13.2 Å². The first-order valence-electron chi connectivity index (χ1n) is 10.8. The van der Waals surface area contributed by atoms with E-state index < -0.39 is 5.97 Å². The van der Waals surface area contributed by atoms with Gasteiger partial charge >= 0.3 is 5.97 Å². The Kier molecular flexibility index (Phi) is 6.54. The number of pyridine rings is 1. The normalized spacial score (nSPS) is 14.2. The molecule has 1 N–H and O–H groups in total. The van der Waals surface area contributed by atoms with Gasteiger partial charge < -0.3 is 19.7 Å². The van der Waals surface area contributed by atoms with E-state index >= 15 is 0 Å². The average molecular weight is 434 g/mol. The van der Waals surface area contributed by atoms with Crippen molar-refractivity contribution in [2.24, 2.45) is 0 Å². The predicted octanol–water partition coefficient (Wildman–Crippen LogP) is 3.88. The van der Waals surface area contributed by atoms with Crippen molar-refractivity contribution in [3.8, 4) is 5.75 Å². The molecule has 0 saturated carbocycles. The number of rotatable bonds is 7. The van der Waals surface area contributed by atoms with E-state index in [0.29, 0.717) is 17.1 Å². The fourth-order valence-electron chi connectivity index (χ4n) is 4.02. The van der Waals surface area contributed by atoms with Gasteiger partial charge in [-0.2, -0.15) is 0 Å². The van der Waals surface area contributed by atoms with Crippen LogP contribution in [0.1, 0.15) is 41.7 Å². The summed E-state index contributed by atoms with van der Waals surface area (Å²) in [7, 11) is 1.59. The lowest BCUT2D eigenvalue weighted by molar-refractivity contribution is -0.124. The fraction of sp³-hybridized carbons (Fsp3) is 0.320. The Balaban J connectivity index is 1.46. The third-order valence-corrected chi connectivity index (χ3v) is 5.65. The summed E-state index contributed by atoms with van der Waals surface area (Å²) < 4.78 is 10.7. The number of amides is 1. The highest BCUT2D eigenvalue weighted by Gasteiger charge is 2.24. The maximum Gasteiger partial charge on any atom is 0.342 e. The Bertz CT molecular complexity index is 1130. The number of hydrogen-bond acceptors (Lipinski definition) is 6. The largest absolute Gasteiger partial charge is 0.496 e. The summed E-state index contributed by atoms with van der Waals surface area (Å²) in [5.41, 5.74) is 2.07. The van der Waals surface area contributed by atoms with Crippen molar-refractivity contribution in [2.75, 3.05) is 31.7 Å². The molecule has 2 aromatic carbocycles. The first kappa shape index (κ1) is 21.6. The maximum atomic E-state index is 12.9. The Morgan fingerprint density at radius 2 is 1.81 bits per heavy atom. The van der Waals surface area contributed by atoms with Crippen LogP contribution in [0.4, 0.5) is 5.82 Å². The van der Waals surface area contributed by atoms with Crippen LogP contribution >= 0.6 is 0 Å². The quantitative estimate of drug-likeness (QED) is 0.570. The number of aromatic nitrogens is 1. The number of nitrogens with zero attached hydrogens (tertiary/aromatic N) is 2. The van der Waals surface area contributed by atoms with Crippen molar-refractivity contribution in [1.82, 2.24) is 10.3 Å². The van der Waals surface area contributed by atoms with E-state index in [0.717, 1.165) is 42.4 Å². The van der Waals surface area contributed by atoms with Crippen LogP contribution in [0.2, 0.25) is 0 Å². The monoisotopic (exact) mass is 433 g/mol. The number of hydrogen-bond donors (Lipinski definition) is 1. The number of benzene rings is 2. The second kappa shape index (κ2) is 9.68. The molecule has 2 heterocycles. The number of nitrogens with one attached hydrogen (secondary N) is 1. The van der Waals surface area contributed by atoms with E-state index in [1.165, 1.54) is 0 Å². The summed E-state index contributed by atoms with van der Waals surface area (Å²) in [5.74, 6) is 0.377. The lowest BCUT2D eigenvalue weighted by Gasteiger charge is -2.20. The number of anilines is 1. The minimum absolute atomic E-state index is 0.292. The van der Waals surface area contributed by atoms with Crippen molar-refractivity contribution < 1.29 is 19.1 Å². The third-order valence-electron chi connectivity index (χ3n) is 5.65. The van der Waals surface area contributed by atoms with Gasteiger partial charge in [0.1, 0.15) is 17.1 Å². The second-order valence-corrected chi connectivity index (χ2v) is 7.85. The van der Waals surface area contributed by atoms with Crippen molar-refractivity contribution in [3.05, 3.63) is 65.7 Å². The van der Waals surface area contributed by atoms with Crippen LogP contribution in [0.3, 0.4) is 0 Å². The molecule has 0 bridgehead atoms. The van der Waals surface area contributed by atoms with Gasteiger partial charge in [0.05, 0.1) is 18.7 Å². The van der Waals surface area contributed by atoms with Gasteiger partial charge in [-0.25, -0.2) is 9.78 Å². The highest BCUT2D eigenvalue weighted by atomic mass is 16.5. The number of para-hydroxylation sites is 2. The van der Waals surface area contributed by atoms with Crippen LogP contribution in [0.15, 0.2) is 54.6 Å². The summed E-state index contributed by atoms with van der Waals surface area (Å²) in [6, 6.07) is 16.7. The van der Waals surface area contributed by atoms with Crippen molar-refractivity contribution in [2.45, 2.75) is 25.8 Å². The smallest absolute Gasteiger partial charge is 0.342 e. The van der Waals surface area contributed by atoms with Gasteiger partial charge in [0.15, 0.2) is 6.61 Å². The van der Waals surface area contributed by atoms with Gasteiger partial charge in [-0.05, 0) is 38.0 Å². The molecule has 0 spiro atoms. The Morgan fingerprint density at radius 1 is 1.09 bits per heavy atom. The summed E-state index contributed by atoms with van der Waals surface area (Å²) in [4.78, 5) is 32.2. The average Bonchev–Trinajstić information content (AvgIpc) is 3.36. The minimum atomic E-state index is -0.551. The van der Waals surface area contributed by atoms with E-state index in [1.807, 2.05) is 55.5 Å². The molecule has 1 unspecified atom stereocenters. The third kappa shape index (κ3) is 4.66. The molecule has 4 rings (SSSR count). The lowest BCUT2D eigenvalue weighted by atomic mass is 10.1. The zero-order chi connectivity index (χ0) is 22.5. The van der Waals surface area contributed by atoms with Gasteiger partial charge in [0.2, 0.25) is 0 Å². The first-order valence-corrected chi connectivity index (χ1v) is 10.8. The summed E-state index contributed by atoms with van der Waals surface area (Å²) in [5, 5.41) is 3.71. The molecule has 0 aliphatic carbocycles. The number of carbonyl (C=O) groups is 2. The predicted molar refractivity (Wildman–Crippen MR) is 123 cm³/mol. The highest BCUT2D eigenvalue weighted by Crippen LogP contribution is 2.27. The summed E-state index contributed by atoms with van der Waals surface area (Å²) >= 11 is 0. The van der Waals surface area contributed by atoms with E-state index in [2.05, 4.69) is 10.2 Å². The molecule has 166 valence electrons. The lowest BCUT2D eigenvalue weighted by Crippen LogP contribution is -2.31. The standard InChI is InChI=1S/C25H27N3O4/c1-17(19-10-4-6-12-22(19)31-2)26-23(29)16-32-25(30)20-15-18-9-3-5-11-21(18)27-24(20)28-13-7-8-14-28/h3-6,9-12,15,17H,7-8,13-14,16H2,1-2H3,(H,26,29). The van der Waals surface area contributed by atoms with Crippen LogP contribution in [-0.4, -0.2) is 43.7 Å². The molecule has 1 aliphatic heterocycles. The molecule has 1 atom stereocenters. The van der Waals surface area contributed by atoms with Crippen LogP contribution in [0.5, 0.6) is 5.75 Å². The van der Waals surface area contributed by atoms with E-state index in [-0.39, 0.29) is 18.6 Å². The Labute approximate surface area is 187 Å². The molecular weight excluding hydrogens is 406 g/mol. The number of carbonyl (C=O) groups excluding carboxylic acids is 2. The van der Waals surface area contributed by atoms with Crippen molar-refractivity contribution in [1.29, 1.82) is 0 Å². The molecule has 1 aliphatic rings. The van der Waals surface area contributed by atoms with Gasteiger partial charge in [-0.3, -0.25) is 4.79 Å². The molecule has 1 saturated heterocycles. The molecule has 7 nitrogen and oxygen atoms in total. The number of fused-ring (bicyclic) bond motifs is 1. The van der Waals surface area contributed by atoms with Crippen LogP contribution in [0, 0.1) is 0 Å².